The molecule has 0 radical (unpaired) electrons. The fourth-order valence-electron chi connectivity index (χ4n) is 3.80. The zero-order valence-electron chi connectivity index (χ0n) is 8.22. The minimum Gasteiger partial charge on any atom is -0.492 e. The summed E-state index contributed by atoms with van der Waals surface area (Å²) in [6, 6.07) is 0. The van der Waals surface area contributed by atoms with Crippen LogP contribution in [0.4, 0.5) is 0 Å². The van der Waals surface area contributed by atoms with Crippen LogP contribution in [0, 0.1) is 11.8 Å². The summed E-state index contributed by atoms with van der Waals surface area (Å²) in [5.74, 6) is 2.91. The number of fused-ring (bicyclic) bond motifs is 3. The summed E-state index contributed by atoms with van der Waals surface area (Å²) in [5.41, 5.74) is 0.262. The number of ether oxygens (including phenoxy) is 1. The van der Waals surface area contributed by atoms with Crippen LogP contribution in [-0.4, -0.2) is 5.60 Å². The smallest absolute Gasteiger partial charge is 0.112 e. The minimum atomic E-state index is 0.262. The second-order valence-electron chi connectivity index (χ2n) is 5.14. The molecule has 3 fully saturated rings. The fourth-order valence-corrected chi connectivity index (χ4v) is 3.80. The predicted molar refractivity (Wildman–Crippen MR) is 52.3 cm³/mol. The van der Waals surface area contributed by atoms with Crippen molar-refractivity contribution in [2.24, 2.45) is 11.8 Å². The Morgan fingerprint density at radius 2 is 2.31 bits per heavy atom. The first kappa shape index (κ1) is 7.90. The Kier molecular flexibility index (Phi) is 1.53. The molecule has 2 aliphatic carbocycles. The Morgan fingerprint density at radius 3 is 2.92 bits per heavy atom. The third-order valence-corrected chi connectivity index (χ3v) is 4.32. The molecule has 3 atom stereocenters. The first-order chi connectivity index (χ1) is 6.28. The second kappa shape index (κ2) is 2.52. The summed E-state index contributed by atoms with van der Waals surface area (Å²) in [5, 5.41) is 0. The van der Waals surface area contributed by atoms with Crippen molar-refractivity contribution in [3.63, 3.8) is 0 Å². The van der Waals surface area contributed by atoms with Crippen LogP contribution in [-0.2, 0) is 4.74 Å². The van der Waals surface area contributed by atoms with Gasteiger partial charge >= 0.3 is 0 Å². The molecule has 72 valence electrons. The summed E-state index contributed by atoms with van der Waals surface area (Å²) >= 11 is 0. The number of rotatable bonds is 0. The molecule has 2 saturated carbocycles. The molecule has 1 nitrogen and oxygen atoms in total. The molecule has 0 aromatic carbocycles. The van der Waals surface area contributed by atoms with Gasteiger partial charge in [0.05, 0.1) is 5.76 Å². The standard InChI is InChI=1S/C12H18O/c1-9-3-2-6-12(13-9)8-10-4-5-11(12)7-10/h10-11H,1-8H2. The van der Waals surface area contributed by atoms with E-state index >= 15 is 0 Å². The summed E-state index contributed by atoms with van der Waals surface area (Å²) in [6.07, 6.45) is 9.35. The van der Waals surface area contributed by atoms with Crippen LogP contribution >= 0.6 is 0 Å². The zero-order chi connectivity index (χ0) is 8.89. The molecule has 13 heavy (non-hydrogen) atoms. The topological polar surface area (TPSA) is 9.23 Å². The van der Waals surface area contributed by atoms with Crippen LogP contribution in [0.3, 0.4) is 0 Å². The second-order valence-corrected chi connectivity index (χ2v) is 5.14. The molecule has 2 bridgehead atoms. The normalized spacial score (nSPS) is 48.5. The van der Waals surface area contributed by atoms with Gasteiger partial charge in [-0.25, -0.2) is 0 Å². The maximum Gasteiger partial charge on any atom is 0.112 e. The molecule has 1 heterocycles. The van der Waals surface area contributed by atoms with E-state index in [-0.39, 0.29) is 5.60 Å². The van der Waals surface area contributed by atoms with Crippen LogP contribution in [0.15, 0.2) is 12.3 Å². The molecule has 3 rings (SSSR count). The summed E-state index contributed by atoms with van der Waals surface area (Å²) < 4.78 is 6.07. The Hall–Kier alpha value is -0.460. The third-order valence-electron chi connectivity index (χ3n) is 4.32. The van der Waals surface area contributed by atoms with Gasteiger partial charge in [-0.2, -0.15) is 0 Å². The van der Waals surface area contributed by atoms with Crippen LogP contribution in [0.5, 0.6) is 0 Å². The van der Waals surface area contributed by atoms with Crippen molar-refractivity contribution in [3.8, 4) is 0 Å². The van der Waals surface area contributed by atoms with Gasteiger partial charge in [-0.3, -0.25) is 0 Å². The maximum absolute atomic E-state index is 6.07. The van der Waals surface area contributed by atoms with Gasteiger partial charge in [0.15, 0.2) is 0 Å². The van der Waals surface area contributed by atoms with E-state index in [2.05, 4.69) is 6.58 Å². The van der Waals surface area contributed by atoms with E-state index in [4.69, 9.17) is 4.74 Å². The molecule has 3 unspecified atom stereocenters. The summed E-state index contributed by atoms with van der Waals surface area (Å²) in [7, 11) is 0. The molecular weight excluding hydrogens is 160 g/mol. The van der Waals surface area contributed by atoms with Gasteiger partial charge in [0.25, 0.3) is 0 Å². The highest BCUT2D eigenvalue weighted by Gasteiger charge is 2.53. The lowest BCUT2D eigenvalue weighted by Crippen LogP contribution is -2.40. The maximum atomic E-state index is 6.07. The largest absolute Gasteiger partial charge is 0.492 e. The van der Waals surface area contributed by atoms with E-state index in [1.165, 1.54) is 38.5 Å². The summed E-state index contributed by atoms with van der Waals surface area (Å²) in [4.78, 5) is 0. The van der Waals surface area contributed by atoms with Gasteiger partial charge in [-0.15, -0.1) is 0 Å². The van der Waals surface area contributed by atoms with Crippen molar-refractivity contribution >= 4 is 0 Å². The van der Waals surface area contributed by atoms with Gasteiger partial charge in [0.2, 0.25) is 0 Å². The van der Waals surface area contributed by atoms with E-state index in [0.717, 1.165) is 24.0 Å². The number of allylic oxidation sites excluding steroid dienone is 1. The van der Waals surface area contributed by atoms with Crippen molar-refractivity contribution < 1.29 is 4.74 Å². The van der Waals surface area contributed by atoms with E-state index in [9.17, 15) is 0 Å². The highest BCUT2D eigenvalue weighted by Crippen LogP contribution is 2.56. The van der Waals surface area contributed by atoms with Gasteiger partial charge in [0, 0.05) is 6.42 Å². The quantitative estimate of drug-likeness (QED) is 0.553. The van der Waals surface area contributed by atoms with Gasteiger partial charge in [-0.1, -0.05) is 6.58 Å². The molecule has 0 aromatic rings. The highest BCUT2D eigenvalue weighted by atomic mass is 16.5. The van der Waals surface area contributed by atoms with Crippen LogP contribution < -0.4 is 0 Å². The SMILES string of the molecule is C=C1CCCC2(CC3CCC2C3)O1. The van der Waals surface area contributed by atoms with Gasteiger partial charge in [0.1, 0.15) is 5.60 Å². The fraction of sp³-hybridized carbons (Fsp3) is 0.833. The average molecular weight is 178 g/mol. The Balaban J connectivity index is 1.84. The first-order valence-electron chi connectivity index (χ1n) is 5.65. The van der Waals surface area contributed by atoms with E-state index < -0.39 is 0 Å². The van der Waals surface area contributed by atoms with Crippen molar-refractivity contribution in [2.75, 3.05) is 0 Å². The molecule has 3 aliphatic rings. The molecule has 1 saturated heterocycles. The van der Waals surface area contributed by atoms with Crippen molar-refractivity contribution in [1.29, 1.82) is 0 Å². The molecule has 0 aromatic heterocycles. The van der Waals surface area contributed by atoms with Crippen LogP contribution in [0.1, 0.15) is 44.9 Å². The average Bonchev–Trinajstić information content (AvgIpc) is 2.63. The van der Waals surface area contributed by atoms with Crippen molar-refractivity contribution in [2.45, 2.75) is 50.5 Å². The van der Waals surface area contributed by atoms with E-state index in [1.54, 1.807) is 0 Å². The number of hydrogen-bond acceptors (Lipinski definition) is 1. The predicted octanol–water partition coefficient (Wildman–Crippen LogP) is 3.26. The van der Waals surface area contributed by atoms with E-state index in [0.29, 0.717) is 0 Å². The molecule has 0 amide bonds. The molecule has 0 N–H and O–H groups in total. The molecular formula is C12H18O. The lowest BCUT2D eigenvalue weighted by Gasteiger charge is -2.42. The Bertz CT molecular complexity index is 246. The lowest BCUT2D eigenvalue weighted by atomic mass is 9.79. The van der Waals surface area contributed by atoms with Crippen molar-refractivity contribution in [1.82, 2.24) is 0 Å². The Morgan fingerprint density at radius 1 is 1.38 bits per heavy atom. The highest BCUT2D eigenvalue weighted by molar-refractivity contribution is 5.07. The molecule has 1 heteroatoms. The third kappa shape index (κ3) is 1.06. The van der Waals surface area contributed by atoms with Crippen LogP contribution in [0.2, 0.25) is 0 Å². The lowest BCUT2D eigenvalue weighted by molar-refractivity contribution is -0.0721. The van der Waals surface area contributed by atoms with E-state index in [1.807, 2.05) is 0 Å². The number of hydrogen-bond donors (Lipinski definition) is 0. The Labute approximate surface area is 80.2 Å². The van der Waals surface area contributed by atoms with Gasteiger partial charge < -0.3 is 4.74 Å². The first-order valence-corrected chi connectivity index (χ1v) is 5.65. The minimum absolute atomic E-state index is 0.262. The van der Waals surface area contributed by atoms with Crippen LogP contribution in [0.25, 0.3) is 0 Å². The van der Waals surface area contributed by atoms with Gasteiger partial charge in [-0.05, 0) is 50.4 Å². The zero-order valence-corrected chi connectivity index (χ0v) is 8.22. The van der Waals surface area contributed by atoms with Crippen molar-refractivity contribution in [3.05, 3.63) is 12.3 Å². The summed E-state index contributed by atoms with van der Waals surface area (Å²) in [6.45, 7) is 3.99. The monoisotopic (exact) mass is 178 g/mol. The molecule has 1 aliphatic heterocycles. The molecule has 1 spiro atoms.